The summed E-state index contributed by atoms with van der Waals surface area (Å²) in [6.45, 7) is 0. The normalized spacial score (nSPS) is 11.3. The van der Waals surface area contributed by atoms with Gasteiger partial charge in [0.15, 0.2) is 6.29 Å². The fourth-order valence-electron chi connectivity index (χ4n) is 1.71. The van der Waals surface area contributed by atoms with Crippen molar-refractivity contribution in [2.24, 2.45) is 0 Å². The van der Waals surface area contributed by atoms with E-state index in [2.05, 4.69) is 5.32 Å². The Hall–Kier alpha value is -2.11. The highest BCUT2D eigenvalue weighted by molar-refractivity contribution is 5.92. The van der Waals surface area contributed by atoms with E-state index in [-0.39, 0.29) is 11.3 Å². The van der Waals surface area contributed by atoms with Gasteiger partial charge >= 0.3 is 6.18 Å². The second kappa shape index (κ2) is 7.06. The summed E-state index contributed by atoms with van der Waals surface area (Å²) in [6.07, 6.45) is -6.26. The van der Waals surface area contributed by atoms with Gasteiger partial charge in [-0.15, -0.1) is 0 Å². The predicted molar refractivity (Wildman–Crippen MR) is 67.1 cm³/mol. The zero-order chi connectivity index (χ0) is 16.0. The highest BCUT2D eigenvalue weighted by Gasteiger charge is 2.36. The third-order valence-corrected chi connectivity index (χ3v) is 2.56. The number of hydrogen-bond acceptors (Lipinski definition) is 4. The fourth-order valence-corrected chi connectivity index (χ4v) is 1.71. The Morgan fingerprint density at radius 2 is 2.00 bits per heavy atom. The van der Waals surface area contributed by atoms with Crippen molar-refractivity contribution in [1.29, 1.82) is 5.26 Å². The van der Waals surface area contributed by atoms with Crippen LogP contribution in [0.5, 0.6) is 0 Å². The van der Waals surface area contributed by atoms with E-state index in [1.165, 1.54) is 20.3 Å². The Kier molecular flexibility index (Phi) is 5.69. The molecule has 1 rings (SSSR count). The molecule has 114 valence electrons. The van der Waals surface area contributed by atoms with Crippen LogP contribution < -0.4 is 5.32 Å². The smallest absolute Gasteiger partial charge is 0.352 e. The Balaban J connectivity index is 3.20. The summed E-state index contributed by atoms with van der Waals surface area (Å²) >= 11 is 0. The van der Waals surface area contributed by atoms with Gasteiger partial charge in [0.05, 0.1) is 11.6 Å². The van der Waals surface area contributed by atoms with Crippen molar-refractivity contribution in [3.63, 3.8) is 0 Å². The van der Waals surface area contributed by atoms with Crippen molar-refractivity contribution in [2.45, 2.75) is 18.9 Å². The zero-order valence-electron chi connectivity index (χ0n) is 11.3. The second-order valence-corrected chi connectivity index (χ2v) is 3.99. The molecule has 0 heterocycles. The summed E-state index contributed by atoms with van der Waals surface area (Å²) in [4.78, 5) is 11.2. The number of methoxy groups -OCH3 is 2. The van der Waals surface area contributed by atoms with Gasteiger partial charge < -0.3 is 14.8 Å². The molecule has 0 atom stereocenters. The lowest BCUT2D eigenvalue weighted by Gasteiger charge is -2.20. The van der Waals surface area contributed by atoms with Crippen LogP contribution in [0.4, 0.5) is 18.9 Å². The molecule has 0 bridgehead atoms. The number of rotatable bonds is 5. The molecule has 0 radical (unpaired) electrons. The average molecular weight is 302 g/mol. The number of nitrogens with one attached hydrogen (secondary N) is 1. The van der Waals surface area contributed by atoms with Crippen LogP contribution >= 0.6 is 0 Å². The molecule has 8 heteroatoms. The number of carbonyl (C=O) groups is 1. The fraction of sp³-hybridized carbons (Fsp3) is 0.385. The van der Waals surface area contributed by atoms with Gasteiger partial charge in [0.25, 0.3) is 0 Å². The molecular formula is C13H13F3N2O3. The Bertz CT molecular complexity index is 549. The SMILES string of the molecule is COC(OC)c1ccc(NC(=O)CC#N)cc1C(F)(F)F. The first-order valence-corrected chi connectivity index (χ1v) is 5.77. The Morgan fingerprint density at radius 3 is 2.48 bits per heavy atom. The van der Waals surface area contributed by atoms with Crippen molar-refractivity contribution in [1.82, 2.24) is 0 Å². The predicted octanol–water partition coefficient (Wildman–Crippen LogP) is 2.85. The largest absolute Gasteiger partial charge is 0.416 e. The third kappa shape index (κ3) is 4.44. The van der Waals surface area contributed by atoms with Crippen LogP contribution in [0.25, 0.3) is 0 Å². The minimum Gasteiger partial charge on any atom is -0.352 e. The van der Waals surface area contributed by atoms with Gasteiger partial charge in [0.2, 0.25) is 5.91 Å². The molecule has 1 aromatic rings. The van der Waals surface area contributed by atoms with E-state index < -0.39 is 30.4 Å². The van der Waals surface area contributed by atoms with E-state index in [0.717, 1.165) is 12.1 Å². The molecule has 0 unspecified atom stereocenters. The molecule has 0 aliphatic rings. The number of benzene rings is 1. The summed E-state index contributed by atoms with van der Waals surface area (Å²) in [7, 11) is 2.44. The van der Waals surface area contributed by atoms with Crippen molar-refractivity contribution in [2.75, 3.05) is 19.5 Å². The number of alkyl halides is 3. The zero-order valence-corrected chi connectivity index (χ0v) is 11.3. The van der Waals surface area contributed by atoms with Crippen molar-refractivity contribution in [3.05, 3.63) is 29.3 Å². The van der Waals surface area contributed by atoms with Crippen LogP contribution in [-0.4, -0.2) is 20.1 Å². The van der Waals surface area contributed by atoms with Crippen molar-refractivity contribution < 1.29 is 27.4 Å². The van der Waals surface area contributed by atoms with Gasteiger partial charge in [-0.25, -0.2) is 0 Å². The summed E-state index contributed by atoms with van der Waals surface area (Å²) < 4.78 is 48.9. The lowest BCUT2D eigenvalue weighted by Crippen LogP contribution is -2.16. The quantitative estimate of drug-likeness (QED) is 0.849. The van der Waals surface area contributed by atoms with Gasteiger partial charge in [0, 0.05) is 25.5 Å². The highest BCUT2D eigenvalue weighted by atomic mass is 19.4. The summed E-state index contributed by atoms with van der Waals surface area (Å²) in [5.41, 5.74) is -1.24. The molecule has 0 saturated carbocycles. The minimum absolute atomic E-state index is 0.0581. The standard InChI is InChI=1S/C13H13F3N2O3/c1-20-12(21-2)9-4-3-8(18-11(19)5-6-17)7-10(9)13(14,15)16/h3-4,7,12H,5H2,1-2H3,(H,18,19). The maximum atomic E-state index is 13.1. The van der Waals surface area contributed by atoms with Crippen LogP contribution in [0.3, 0.4) is 0 Å². The van der Waals surface area contributed by atoms with Gasteiger partial charge in [-0.1, -0.05) is 6.07 Å². The number of halogens is 3. The van der Waals surface area contributed by atoms with Gasteiger partial charge in [-0.2, -0.15) is 18.4 Å². The number of amides is 1. The van der Waals surface area contributed by atoms with Gasteiger partial charge in [-0.3, -0.25) is 4.79 Å². The molecule has 0 aromatic heterocycles. The maximum absolute atomic E-state index is 13.1. The number of nitrogens with zero attached hydrogens (tertiary/aromatic N) is 1. The molecule has 0 spiro atoms. The molecule has 0 fully saturated rings. The molecule has 1 N–H and O–H groups in total. The van der Waals surface area contributed by atoms with Crippen LogP contribution in [0.1, 0.15) is 23.8 Å². The van der Waals surface area contributed by atoms with Crippen molar-refractivity contribution >= 4 is 11.6 Å². The number of hydrogen-bond donors (Lipinski definition) is 1. The van der Waals surface area contributed by atoms with E-state index in [1.54, 1.807) is 6.07 Å². The van der Waals surface area contributed by atoms with Gasteiger partial charge in [-0.05, 0) is 12.1 Å². The molecule has 0 aliphatic heterocycles. The van der Waals surface area contributed by atoms with Gasteiger partial charge in [0.1, 0.15) is 6.42 Å². The van der Waals surface area contributed by atoms with Crippen LogP contribution in [-0.2, 0) is 20.4 Å². The molecule has 1 amide bonds. The Morgan fingerprint density at radius 1 is 1.38 bits per heavy atom. The summed E-state index contributed by atoms with van der Waals surface area (Å²) in [5, 5.41) is 10.6. The van der Waals surface area contributed by atoms with Crippen LogP contribution in [0, 0.1) is 11.3 Å². The molecule has 21 heavy (non-hydrogen) atoms. The first-order chi connectivity index (χ1) is 9.83. The molecule has 1 aromatic carbocycles. The van der Waals surface area contributed by atoms with E-state index in [4.69, 9.17) is 14.7 Å². The van der Waals surface area contributed by atoms with Crippen molar-refractivity contribution in [3.8, 4) is 6.07 Å². The number of carbonyl (C=O) groups excluding carboxylic acids is 1. The molecule has 0 saturated heterocycles. The first-order valence-electron chi connectivity index (χ1n) is 5.77. The summed E-state index contributed by atoms with van der Waals surface area (Å²) in [5.74, 6) is -0.687. The number of anilines is 1. The second-order valence-electron chi connectivity index (χ2n) is 3.99. The maximum Gasteiger partial charge on any atom is 0.416 e. The highest BCUT2D eigenvalue weighted by Crippen LogP contribution is 2.37. The Labute approximate surface area is 119 Å². The summed E-state index contributed by atoms with van der Waals surface area (Å²) in [6, 6.07) is 4.82. The average Bonchev–Trinajstić information content (AvgIpc) is 2.40. The molecule has 0 aliphatic carbocycles. The number of ether oxygens (including phenoxy) is 2. The van der Waals surface area contributed by atoms with E-state index in [0.29, 0.717) is 0 Å². The topological polar surface area (TPSA) is 71.3 Å². The van der Waals surface area contributed by atoms with Crippen LogP contribution in [0.2, 0.25) is 0 Å². The third-order valence-electron chi connectivity index (χ3n) is 2.56. The van der Waals surface area contributed by atoms with Crippen LogP contribution in [0.15, 0.2) is 18.2 Å². The molecular weight excluding hydrogens is 289 g/mol. The lowest BCUT2D eigenvalue weighted by molar-refractivity contribution is -0.147. The van der Waals surface area contributed by atoms with E-state index in [9.17, 15) is 18.0 Å². The lowest BCUT2D eigenvalue weighted by atomic mass is 10.1. The number of nitriles is 1. The monoisotopic (exact) mass is 302 g/mol. The van der Waals surface area contributed by atoms with E-state index >= 15 is 0 Å². The first kappa shape index (κ1) is 16.9. The van der Waals surface area contributed by atoms with E-state index in [1.807, 2.05) is 0 Å². The minimum atomic E-state index is -4.64. The molecule has 5 nitrogen and oxygen atoms in total.